The van der Waals surface area contributed by atoms with Crippen molar-refractivity contribution >= 4 is 27.7 Å². The molecule has 0 aliphatic heterocycles. The molecular formula is C29H35N3O2. The minimum Gasteiger partial charge on any atom is -0.491 e. The van der Waals surface area contributed by atoms with E-state index in [1.54, 1.807) is 0 Å². The number of carbonyl (C=O) groups excluding carboxylic acids is 1. The number of nitrogens with one attached hydrogen (secondary N) is 1. The monoisotopic (exact) mass is 457 g/mol. The molecule has 1 heterocycles. The minimum atomic E-state index is -0.334. The average Bonchev–Trinajstić information content (AvgIpc) is 3.18. The number of rotatable bonds is 10. The average molecular weight is 458 g/mol. The number of imidazole rings is 1. The van der Waals surface area contributed by atoms with Gasteiger partial charge in [0, 0.05) is 23.8 Å². The number of unbranched alkanes of at least 4 members (excludes halogenated alkanes) is 2. The van der Waals surface area contributed by atoms with Crippen LogP contribution in [0.1, 0.15) is 45.9 Å². The third-order valence-corrected chi connectivity index (χ3v) is 6.10. The molecule has 0 aliphatic rings. The lowest BCUT2D eigenvalue weighted by atomic mass is 9.96. The molecule has 0 saturated carbocycles. The van der Waals surface area contributed by atoms with E-state index >= 15 is 0 Å². The molecule has 0 unspecified atom stereocenters. The van der Waals surface area contributed by atoms with Crippen molar-refractivity contribution in [3.63, 3.8) is 0 Å². The van der Waals surface area contributed by atoms with E-state index in [2.05, 4.69) is 52.3 Å². The molecule has 0 aliphatic carbocycles. The van der Waals surface area contributed by atoms with Gasteiger partial charge in [-0.2, -0.15) is 0 Å². The van der Waals surface area contributed by atoms with Crippen LogP contribution >= 0.6 is 0 Å². The Labute approximate surface area is 202 Å². The van der Waals surface area contributed by atoms with Gasteiger partial charge in [0.2, 0.25) is 5.91 Å². The van der Waals surface area contributed by atoms with E-state index in [9.17, 15) is 4.79 Å². The molecule has 0 atom stereocenters. The molecule has 4 aromatic rings. The fourth-order valence-corrected chi connectivity index (χ4v) is 4.19. The van der Waals surface area contributed by atoms with E-state index in [0.29, 0.717) is 6.61 Å². The van der Waals surface area contributed by atoms with Gasteiger partial charge in [-0.25, -0.2) is 4.98 Å². The summed E-state index contributed by atoms with van der Waals surface area (Å²) in [6, 6.07) is 22.8. The maximum Gasteiger partial charge on any atom is 0.225 e. The molecule has 0 bridgehead atoms. The van der Waals surface area contributed by atoms with Gasteiger partial charge in [-0.1, -0.05) is 75.7 Å². The lowest BCUT2D eigenvalue weighted by Crippen LogP contribution is -2.35. The first-order valence-electron chi connectivity index (χ1n) is 12.3. The number of ether oxygens (including phenoxy) is 1. The number of aryl methyl sites for hydroxylation is 1. The summed E-state index contributed by atoms with van der Waals surface area (Å²) < 4.78 is 8.51. The highest BCUT2D eigenvalue weighted by Gasteiger charge is 2.20. The number of aromatic nitrogens is 2. The number of fused-ring (bicyclic) bond motifs is 2. The second kappa shape index (κ2) is 10.7. The molecule has 1 N–H and O–H groups in total. The molecule has 1 amide bonds. The maximum absolute atomic E-state index is 12.0. The number of hydrogen-bond acceptors (Lipinski definition) is 3. The van der Waals surface area contributed by atoms with Gasteiger partial charge >= 0.3 is 0 Å². The zero-order chi connectivity index (χ0) is 24.0. The fourth-order valence-electron chi connectivity index (χ4n) is 4.19. The first kappa shape index (κ1) is 23.8. The number of carbonyl (C=O) groups is 1. The number of para-hydroxylation sites is 2. The highest BCUT2D eigenvalue weighted by molar-refractivity contribution is 5.88. The molecule has 178 valence electrons. The highest BCUT2D eigenvalue weighted by atomic mass is 16.5. The minimum absolute atomic E-state index is 0.112. The molecule has 0 spiro atoms. The van der Waals surface area contributed by atoms with Crippen LogP contribution in [0.4, 0.5) is 0 Å². The van der Waals surface area contributed by atoms with E-state index in [1.165, 1.54) is 5.39 Å². The summed E-state index contributed by atoms with van der Waals surface area (Å²) in [5, 5.41) is 5.36. The standard InChI is InChI=1S/C29H35N3O2/c1-29(2,3)28(33)30-19-10-4-5-18-27-31-24-15-8-9-16-25(24)32(27)20-21-34-26-17-11-13-22-12-6-7-14-23(22)26/h6-9,11-17H,4-5,10,18-21H2,1-3H3,(H,30,33). The molecule has 3 aromatic carbocycles. The Morgan fingerprint density at radius 2 is 1.71 bits per heavy atom. The van der Waals surface area contributed by atoms with Gasteiger partial charge in [0.1, 0.15) is 18.2 Å². The summed E-state index contributed by atoms with van der Waals surface area (Å²) in [5.41, 5.74) is 1.84. The Morgan fingerprint density at radius 3 is 2.56 bits per heavy atom. The molecule has 4 rings (SSSR count). The van der Waals surface area contributed by atoms with Crippen LogP contribution in [-0.2, 0) is 17.8 Å². The Kier molecular flexibility index (Phi) is 7.51. The number of amides is 1. The predicted molar refractivity (Wildman–Crippen MR) is 139 cm³/mol. The van der Waals surface area contributed by atoms with Crippen LogP contribution in [0.3, 0.4) is 0 Å². The van der Waals surface area contributed by atoms with E-state index < -0.39 is 0 Å². The Morgan fingerprint density at radius 1 is 0.941 bits per heavy atom. The summed E-state index contributed by atoms with van der Waals surface area (Å²) in [6.07, 6.45) is 3.99. The third-order valence-electron chi connectivity index (χ3n) is 6.10. The largest absolute Gasteiger partial charge is 0.491 e. The van der Waals surface area contributed by atoms with Crippen LogP contribution in [0.5, 0.6) is 5.75 Å². The van der Waals surface area contributed by atoms with Crippen molar-refractivity contribution in [2.24, 2.45) is 5.41 Å². The van der Waals surface area contributed by atoms with Gasteiger partial charge in [-0.15, -0.1) is 0 Å². The van der Waals surface area contributed by atoms with E-state index in [1.807, 2.05) is 45.0 Å². The second-order valence-electron chi connectivity index (χ2n) is 9.81. The van der Waals surface area contributed by atoms with Crippen molar-refractivity contribution in [2.45, 2.75) is 53.0 Å². The first-order valence-corrected chi connectivity index (χ1v) is 12.3. The van der Waals surface area contributed by atoms with Gasteiger partial charge < -0.3 is 14.6 Å². The molecule has 0 saturated heterocycles. The Balaban J connectivity index is 1.35. The normalized spacial score (nSPS) is 11.7. The molecule has 34 heavy (non-hydrogen) atoms. The summed E-state index contributed by atoms with van der Waals surface area (Å²) in [7, 11) is 0. The first-order chi connectivity index (χ1) is 16.4. The van der Waals surface area contributed by atoms with E-state index in [4.69, 9.17) is 9.72 Å². The van der Waals surface area contributed by atoms with Gasteiger partial charge in [0.15, 0.2) is 0 Å². The number of benzene rings is 3. The van der Waals surface area contributed by atoms with Crippen molar-refractivity contribution in [1.29, 1.82) is 0 Å². The molecule has 0 fully saturated rings. The van der Waals surface area contributed by atoms with Gasteiger partial charge in [-0.05, 0) is 36.4 Å². The molecule has 5 nitrogen and oxygen atoms in total. The van der Waals surface area contributed by atoms with Gasteiger partial charge in [0.25, 0.3) is 0 Å². The smallest absolute Gasteiger partial charge is 0.225 e. The zero-order valence-electron chi connectivity index (χ0n) is 20.5. The molecular weight excluding hydrogens is 422 g/mol. The van der Waals surface area contributed by atoms with Crippen molar-refractivity contribution in [1.82, 2.24) is 14.9 Å². The number of hydrogen-bond donors (Lipinski definition) is 1. The molecule has 0 radical (unpaired) electrons. The van der Waals surface area contributed by atoms with Crippen molar-refractivity contribution < 1.29 is 9.53 Å². The summed E-state index contributed by atoms with van der Waals surface area (Å²) in [4.78, 5) is 16.9. The second-order valence-corrected chi connectivity index (χ2v) is 9.81. The van der Waals surface area contributed by atoms with Crippen molar-refractivity contribution in [3.05, 3.63) is 72.6 Å². The van der Waals surface area contributed by atoms with Gasteiger partial charge in [-0.3, -0.25) is 4.79 Å². The van der Waals surface area contributed by atoms with Crippen molar-refractivity contribution in [2.75, 3.05) is 13.2 Å². The van der Waals surface area contributed by atoms with E-state index in [-0.39, 0.29) is 11.3 Å². The van der Waals surface area contributed by atoms with Crippen LogP contribution in [-0.4, -0.2) is 28.6 Å². The van der Waals surface area contributed by atoms with Crippen LogP contribution in [0.15, 0.2) is 66.7 Å². The zero-order valence-corrected chi connectivity index (χ0v) is 20.5. The fraction of sp³-hybridized carbons (Fsp3) is 0.379. The lowest BCUT2D eigenvalue weighted by molar-refractivity contribution is -0.128. The molecule has 5 heteroatoms. The SMILES string of the molecule is CC(C)(C)C(=O)NCCCCCc1nc2ccccc2n1CCOc1cccc2ccccc12. The van der Waals surface area contributed by atoms with Crippen molar-refractivity contribution in [3.8, 4) is 5.75 Å². The van der Waals surface area contributed by atoms with E-state index in [0.717, 1.165) is 66.8 Å². The third kappa shape index (κ3) is 5.77. The quantitative estimate of drug-likeness (QED) is 0.291. The Bertz CT molecular complexity index is 1250. The topological polar surface area (TPSA) is 56.2 Å². The lowest BCUT2D eigenvalue weighted by Gasteiger charge is -2.17. The summed E-state index contributed by atoms with van der Waals surface area (Å²) >= 11 is 0. The van der Waals surface area contributed by atoms with Crippen LogP contribution in [0.25, 0.3) is 21.8 Å². The maximum atomic E-state index is 12.0. The molecule has 1 aromatic heterocycles. The predicted octanol–water partition coefficient (Wildman–Crippen LogP) is 6.14. The highest BCUT2D eigenvalue weighted by Crippen LogP contribution is 2.25. The summed E-state index contributed by atoms with van der Waals surface area (Å²) in [5.74, 6) is 2.13. The van der Waals surface area contributed by atoms with Crippen LogP contribution in [0, 0.1) is 5.41 Å². The van der Waals surface area contributed by atoms with Crippen LogP contribution < -0.4 is 10.1 Å². The summed E-state index contributed by atoms with van der Waals surface area (Å²) in [6.45, 7) is 7.89. The number of nitrogens with zero attached hydrogens (tertiary/aromatic N) is 2. The van der Waals surface area contributed by atoms with Gasteiger partial charge in [0.05, 0.1) is 17.6 Å². The van der Waals surface area contributed by atoms with Crippen LogP contribution in [0.2, 0.25) is 0 Å². The Hall–Kier alpha value is -3.34.